The van der Waals surface area contributed by atoms with Crippen molar-refractivity contribution in [1.82, 2.24) is 10.2 Å². The summed E-state index contributed by atoms with van der Waals surface area (Å²) in [6.07, 6.45) is 5.06. The lowest BCUT2D eigenvalue weighted by molar-refractivity contribution is -0.123. The SMILES string of the molecule is CCC1CCN(C(C)(C)C)CC1NC(=O)CCCCBr. The number of piperidine rings is 1. The quantitative estimate of drug-likeness (QED) is 0.589. The van der Waals surface area contributed by atoms with Crippen LogP contribution < -0.4 is 5.32 Å². The highest BCUT2D eigenvalue weighted by atomic mass is 79.9. The Hall–Kier alpha value is -0.0900. The fourth-order valence-corrected chi connectivity index (χ4v) is 3.32. The zero-order valence-corrected chi connectivity index (χ0v) is 15.1. The number of carbonyl (C=O) groups is 1. The number of amides is 1. The molecule has 4 heteroatoms. The topological polar surface area (TPSA) is 32.3 Å². The van der Waals surface area contributed by atoms with Crippen molar-refractivity contribution >= 4 is 21.8 Å². The molecule has 0 bridgehead atoms. The van der Waals surface area contributed by atoms with Crippen molar-refractivity contribution in [2.75, 3.05) is 18.4 Å². The second kappa shape index (κ2) is 8.38. The monoisotopic (exact) mass is 346 g/mol. The first kappa shape index (κ1) is 18.0. The molecule has 1 heterocycles. The van der Waals surface area contributed by atoms with Gasteiger partial charge in [0.15, 0.2) is 0 Å². The molecule has 0 radical (unpaired) electrons. The number of halogens is 1. The summed E-state index contributed by atoms with van der Waals surface area (Å²) in [7, 11) is 0. The third-order valence-corrected chi connectivity index (χ3v) is 4.92. The van der Waals surface area contributed by atoms with E-state index < -0.39 is 0 Å². The normalized spacial score (nSPS) is 24.6. The highest BCUT2D eigenvalue weighted by molar-refractivity contribution is 9.09. The molecule has 2 unspecified atom stereocenters. The van der Waals surface area contributed by atoms with Crippen LogP contribution in [0.25, 0.3) is 0 Å². The molecule has 2 atom stereocenters. The number of carbonyl (C=O) groups excluding carboxylic acids is 1. The van der Waals surface area contributed by atoms with Gasteiger partial charge in [-0.2, -0.15) is 0 Å². The Kier molecular flexibility index (Phi) is 7.52. The molecule has 0 spiro atoms. The average Bonchev–Trinajstić information content (AvgIpc) is 2.38. The molecule has 1 saturated heterocycles. The van der Waals surface area contributed by atoms with Gasteiger partial charge < -0.3 is 5.32 Å². The van der Waals surface area contributed by atoms with Gasteiger partial charge in [-0.05, 0) is 52.5 Å². The minimum atomic E-state index is 0.192. The maximum absolute atomic E-state index is 12.1. The Morgan fingerprint density at radius 2 is 2.05 bits per heavy atom. The standard InChI is InChI=1S/C16H31BrN2O/c1-5-13-9-11-19(16(2,3)4)12-14(13)18-15(20)8-6-7-10-17/h13-14H,5-12H2,1-4H3,(H,18,20). The summed E-state index contributed by atoms with van der Waals surface area (Å²) in [5, 5.41) is 4.27. The van der Waals surface area contributed by atoms with Crippen molar-refractivity contribution < 1.29 is 4.79 Å². The number of unbranched alkanes of at least 4 members (excludes halogenated alkanes) is 1. The van der Waals surface area contributed by atoms with Crippen LogP contribution in [0.5, 0.6) is 0 Å². The minimum Gasteiger partial charge on any atom is -0.352 e. The first-order valence-electron chi connectivity index (χ1n) is 7.98. The van der Waals surface area contributed by atoms with E-state index in [4.69, 9.17) is 0 Å². The van der Waals surface area contributed by atoms with Crippen LogP contribution in [0.1, 0.15) is 59.8 Å². The molecule has 118 valence electrons. The van der Waals surface area contributed by atoms with E-state index in [2.05, 4.69) is 53.8 Å². The highest BCUT2D eigenvalue weighted by Crippen LogP contribution is 2.26. The predicted octanol–water partition coefficient (Wildman–Crippen LogP) is 3.57. The molecule has 0 aromatic carbocycles. The summed E-state index contributed by atoms with van der Waals surface area (Å²) < 4.78 is 0. The zero-order chi connectivity index (χ0) is 15.2. The number of nitrogens with one attached hydrogen (secondary N) is 1. The largest absolute Gasteiger partial charge is 0.352 e. The first-order valence-corrected chi connectivity index (χ1v) is 9.11. The van der Waals surface area contributed by atoms with Crippen molar-refractivity contribution in [3.63, 3.8) is 0 Å². The Morgan fingerprint density at radius 3 is 2.60 bits per heavy atom. The van der Waals surface area contributed by atoms with E-state index in [9.17, 15) is 4.79 Å². The van der Waals surface area contributed by atoms with E-state index in [0.717, 1.165) is 37.7 Å². The molecule has 1 aliphatic rings. The Balaban J connectivity index is 2.52. The van der Waals surface area contributed by atoms with E-state index in [1.54, 1.807) is 0 Å². The van der Waals surface area contributed by atoms with Crippen LogP contribution >= 0.6 is 15.9 Å². The smallest absolute Gasteiger partial charge is 0.220 e. The number of hydrogen-bond acceptors (Lipinski definition) is 2. The lowest BCUT2D eigenvalue weighted by Crippen LogP contribution is -2.57. The van der Waals surface area contributed by atoms with Gasteiger partial charge in [0.25, 0.3) is 0 Å². The third-order valence-electron chi connectivity index (χ3n) is 4.36. The Morgan fingerprint density at radius 1 is 1.35 bits per heavy atom. The van der Waals surface area contributed by atoms with Gasteiger partial charge in [0, 0.05) is 29.9 Å². The van der Waals surface area contributed by atoms with Crippen molar-refractivity contribution in [2.45, 2.75) is 71.4 Å². The summed E-state index contributed by atoms with van der Waals surface area (Å²) in [5.74, 6) is 0.860. The number of alkyl halides is 1. The number of nitrogens with zero attached hydrogens (tertiary/aromatic N) is 1. The molecule has 0 aliphatic carbocycles. The van der Waals surface area contributed by atoms with Crippen LogP contribution in [-0.2, 0) is 4.79 Å². The maximum atomic E-state index is 12.1. The van der Waals surface area contributed by atoms with Gasteiger partial charge in [-0.25, -0.2) is 0 Å². The number of rotatable bonds is 6. The summed E-state index contributed by atoms with van der Waals surface area (Å²) in [4.78, 5) is 14.6. The second-order valence-electron chi connectivity index (χ2n) is 6.89. The lowest BCUT2D eigenvalue weighted by atomic mass is 9.87. The van der Waals surface area contributed by atoms with Gasteiger partial charge in [-0.1, -0.05) is 29.3 Å². The van der Waals surface area contributed by atoms with Crippen molar-refractivity contribution in [3.05, 3.63) is 0 Å². The minimum absolute atomic E-state index is 0.192. The highest BCUT2D eigenvalue weighted by Gasteiger charge is 2.33. The fourth-order valence-electron chi connectivity index (χ4n) is 2.92. The molecule has 1 rings (SSSR count). The van der Waals surface area contributed by atoms with Gasteiger partial charge in [0.1, 0.15) is 0 Å². The molecule has 0 aromatic rings. The first-order chi connectivity index (χ1) is 9.38. The van der Waals surface area contributed by atoms with Crippen LogP contribution in [0.4, 0.5) is 0 Å². The van der Waals surface area contributed by atoms with Crippen LogP contribution in [0.3, 0.4) is 0 Å². The predicted molar refractivity (Wildman–Crippen MR) is 89.3 cm³/mol. The lowest BCUT2D eigenvalue weighted by Gasteiger charge is -2.45. The van der Waals surface area contributed by atoms with Crippen LogP contribution in [0.2, 0.25) is 0 Å². The van der Waals surface area contributed by atoms with E-state index >= 15 is 0 Å². The Labute approximate surface area is 133 Å². The summed E-state index contributed by atoms with van der Waals surface area (Å²) >= 11 is 3.41. The number of likely N-dealkylation sites (tertiary alicyclic amines) is 1. The third kappa shape index (κ3) is 5.72. The molecular weight excluding hydrogens is 316 g/mol. The zero-order valence-electron chi connectivity index (χ0n) is 13.5. The summed E-state index contributed by atoms with van der Waals surface area (Å²) in [6, 6.07) is 0.324. The molecule has 0 saturated carbocycles. The Bertz CT molecular complexity index is 301. The summed E-state index contributed by atoms with van der Waals surface area (Å²) in [6.45, 7) is 11.2. The fraction of sp³-hybridized carbons (Fsp3) is 0.938. The van der Waals surface area contributed by atoms with Crippen molar-refractivity contribution in [1.29, 1.82) is 0 Å². The van der Waals surface area contributed by atoms with E-state index in [1.165, 1.54) is 6.42 Å². The van der Waals surface area contributed by atoms with Gasteiger partial charge in [0.05, 0.1) is 0 Å². The summed E-state index contributed by atoms with van der Waals surface area (Å²) in [5.41, 5.74) is 0.192. The van der Waals surface area contributed by atoms with Crippen molar-refractivity contribution in [3.8, 4) is 0 Å². The molecule has 1 aliphatic heterocycles. The molecular formula is C16H31BrN2O. The molecule has 0 aromatic heterocycles. The van der Waals surface area contributed by atoms with E-state index in [1.807, 2.05) is 0 Å². The van der Waals surface area contributed by atoms with Crippen LogP contribution in [0.15, 0.2) is 0 Å². The molecule has 1 fully saturated rings. The molecule has 20 heavy (non-hydrogen) atoms. The van der Waals surface area contributed by atoms with Gasteiger partial charge in [0.2, 0.25) is 5.91 Å². The van der Waals surface area contributed by atoms with Gasteiger partial charge in [-0.15, -0.1) is 0 Å². The van der Waals surface area contributed by atoms with E-state index in [0.29, 0.717) is 18.4 Å². The number of hydrogen-bond donors (Lipinski definition) is 1. The average molecular weight is 347 g/mol. The molecule has 1 amide bonds. The van der Waals surface area contributed by atoms with Gasteiger partial charge in [-0.3, -0.25) is 9.69 Å². The second-order valence-corrected chi connectivity index (χ2v) is 7.69. The molecule has 3 nitrogen and oxygen atoms in total. The van der Waals surface area contributed by atoms with Crippen LogP contribution in [-0.4, -0.2) is 40.8 Å². The van der Waals surface area contributed by atoms with E-state index in [-0.39, 0.29) is 11.4 Å². The van der Waals surface area contributed by atoms with Crippen molar-refractivity contribution in [2.24, 2.45) is 5.92 Å². The maximum Gasteiger partial charge on any atom is 0.220 e. The van der Waals surface area contributed by atoms with Crippen LogP contribution in [0, 0.1) is 5.92 Å². The molecule has 1 N–H and O–H groups in total. The van der Waals surface area contributed by atoms with Gasteiger partial charge >= 0.3 is 0 Å².